The van der Waals surface area contributed by atoms with Gasteiger partial charge in [-0.1, -0.05) is 34.6 Å². The van der Waals surface area contributed by atoms with Gasteiger partial charge in [-0.3, -0.25) is 4.79 Å². The van der Waals surface area contributed by atoms with E-state index in [0.29, 0.717) is 37.4 Å². The molecule has 1 amide bonds. The van der Waals surface area contributed by atoms with E-state index in [4.69, 9.17) is 4.98 Å². The SMILES string of the molecule is CCCn1c(CCC(=O)N[C@@H](C)C(C)C)nc2cc(S(=O)(=O)N(CC)CC)ccc21. The monoisotopic (exact) mass is 436 g/mol. The molecule has 1 atom stereocenters. The van der Waals surface area contributed by atoms with E-state index in [-0.39, 0.29) is 16.8 Å². The van der Waals surface area contributed by atoms with Crippen LogP contribution in [0.15, 0.2) is 23.1 Å². The molecule has 1 aromatic heterocycles. The van der Waals surface area contributed by atoms with E-state index in [9.17, 15) is 13.2 Å². The van der Waals surface area contributed by atoms with Gasteiger partial charge in [0.25, 0.3) is 0 Å². The van der Waals surface area contributed by atoms with Gasteiger partial charge < -0.3 is 9.88 Å². The molecule has 7 nitrogen and oxygen atoms in total. The number of fused-ring (bicyclic) bond motifs is 1. The maximum Gasteiger partial charge on any atom is 0.243 e. The number of nitrogens with zero attached hydrogens (tertiary/aromatic N) is 3. The Hall–Kier alpha value is -1.93. The van der Waals surface area contributed by atoms with Crippen molar-refractivity contribution in [3.05, 3.63) is 24.0 Å². The first-order valence-electron chi connectivity index (χ1n) is 10.9. The molecule has 0 saturated heterocycles. The third kappa shape index (κ3) is 5.40. The molecule has 0 aliphatic rings. The van der Waals surface area contributed by atoms with Gasteiger partial charge in [0.15, 0.2) is 0 Å². The molecule has 1 heterocycles. The van der Waals surface area contributed by atoms with Gasteiger partial charge in [0.1, 0.15) is 5.82 Å². The number of carbonyl (C=O) groups excluding carboxylic acids is 1. The molecule has 0 radical (unpaired) electrons. The van der Waals surface area contributed by atoms with Crippen molar-refractivity contribution in [1.82, 2.24) is 19.2 Å². The number of hydrogen-bond donors (Lipinski definition) is 1. The van der Waals surface area contributed by atoms with Crippen molar-refractivity contribution < 1.29 is 13.2 Å². The topological polar surface area (TPSA) is 84.3 Å². The quantitative estimate of drug-likeness (QED) is 0.584. The molecule has 2 rings (SSSR count). The maximum atomic E-state index is 12.9. The van der Waals surface area contributed by atoms with Crippen LogP contribution in [-0.2, 0) is 27.8 Å². The number of sulfonamides is 1. The number of aromatic nitrogens is 2. The summed E-state index contributed by atoms with van der Waals surface area (Å²) < 4.78 is 29.3. The minimum atomic E-state index is -3.54. The Labute approximate surface area is 180 Å². The number of rotatable bonds is 11. The van der Waals surface area contributed by atoms with Crippen LogP contribution in [0.3, 0.4) is 0 Å². The van der Waals surface area contributed by atoms with Gasteiger partial charge in [-0.2, -0.15) is 4.31 Å². The number of hydrogen-bond acceptors (Lipinski definition) is 4. The van der Waals surface area contributed by atoms with Crippen LogP contribution in [0.4, 0.5) is 0 Å². The number of imidazole rings is 1. The number of aryl methyl sites for hydroxylation is 2. The molecule has 30 heavy (non-hydrogen) atoms. The summed E-state index contributed by atoms with van der Waals surface area (Å²) in [5.74, 6) is 1.21. The van der Waals surface area contributed by atoms with Gasteiger partial charge in [-0.05, 0) is 37.5 Å². The van der Waals surface area contributed by atoms with E-state index in [1.54, 1.807) is 12.1 Å². The second-order valence-corrected chi connectivity index (χ2v) is 9.96. The summed E-state index contributed by atoms with van der Waals surface area (Å²) in [6.07, 6.45) is 1.80. The molecule has 8 heteroatoms. The first kappa shape index (κ1) is 24.3. The van der Waals surface area contributed by atoms with Crippen molar-refractivity contribution in [2.24, 2.45) is 5.92 Å². The van der Waals surface area contributed by atoms with Crippen molar-refractivity contribution in [3.63, 3.8) is 0 Å². The molecular formula is C22H36N4O3S. The van der Waals surface area contributed by atoms with Crippen LogP contribution in [0.2, 0.25) is 0 Å². The van der Waals surface area contributed by atoms with Crippen LogP contribution in [0, 0.1) is 5.92 Å². The second kappa shape index (κ2) is 10.4. The highest BCUT2D eigenvalue weighted by Gasteiger charge is 2.23. The molecule has 1 N–H and O–H groups in total. The normalized spacial score (nSPS) is 13.3. The molecule has 0 unspecified atom stereocenters. The molecule has 0 fully saturated rings. The molecule has 0 saturated carbocycles. The zero-order chi connectivity index (χ0) is 22.5. The minimum Gasteiger partial charge on any atom is -0.353 e. The van der Waals surface area contributed by atoms with E-state index < -0.39 is 10.0 Å². The number of nitrogens with one attached hydrogen (secondary N) is 1. The fourth-order valence-electron chi connectivity index (χ4n) is 3.41. The minimum absolute atomic E-state index is 0.0103. The molecular weight excluding hydrogens is 400 g/mol. The van der Waals surface area contributed by atoms with Crippen LogP contribution in [0.5, 0.6) is 0 Å². The Morgan fingerprint density at radius 3 is 2.40 bits per heavy atom. The van der Waals surface area contributed by atoms with Crippen molar-refractivity contribution in [1.29, 1.82) is 0 Å². The molecule has 0 aliphatic heterocycles. The fourth-order valence-corrected chi connectivity index (χ4v) is 4.89. The zero-order valence-electron chi connectivity index (χ0n) is 19.1. The number of carbonyl (C=O) groups is 1. The molecule has 168 valence electrons. The van der Waals surface area contributed by atoms with Crippen LogP contribution in [0.25, 0.3) is 11.0 Å². The molecule has 0 spiro atoms. The summed E-state index contributed by atoms with van der Waals surface area (Å²) in [7, 11) is -3.54. The summed E-state index contributed by atoms with van der Waals surface area (Å²) in [5.41, 5.74) is 1.56. The van der Waals surface area contributed by atoms with Gasteiger partial charge >= 0.3 is 0 Å². The Bertz CT molecular complexity index is 962. The van der Waals surface area contributed by atoms with Crippen molar-refractivity contribution in [2.75, 3.05) is 13.1 Å². The lowest BCUT2D eigenvalue weighted by Crippen LogP contribution is -2.36. The summed E-state index contributed by atoms with van der Waals surface area (Å²) in [6, 6.07) is 5.27. The summed E-state index contributed by atoms with van der Waals surface area (Å²) in [4.78, 5) is 17.3. The van der Waals surface area contributed by atoms with E-state index in [1.807, 2.05) is 26.8 Å². The first-order chi connectivity index (χ1) is 14.1. The predicted octanol–water partition coefficient (Wildman–Crippen LogP) is 3.57. The lowest BCUT2D eigenvalue weighted by atomic mass is 10.1. The van der Waals surface area contributed by atoms with E-state index >= 15 is 0 Å². The number of benzene rings is 1. The van der Waals surface area contributed by atoms with Gasteiger partial charge in [0.05, 0.1) is 15.9 Å². The number of amides is 1. The maximum absolute atomic E-state index is 12.9. The third-order valence-electron chi connectivity index (χ3n) is 5.55. The van der Waals surface area contributed by atoms with Crippen molar-refractivity contribution in [2.45, 2.75) is 78.3 Å². The fraction of sp³-hybridized carbons (Fsp3) is 0.636. The second-order valence-electron chi connectivity index (χ2n) is 8.02. The summed E-state index contributed by atoms with van der Waals surface area (Å²) in [6.45, 7) is 13.5. The largest absolute Gasteiger partial charge is 0.353 e. The van der Waals surface area contributed by atoms with Crippen LogP contribution >= 0.6 is 0 Å². The highest BCUT2D eigenvalue weighted by Crippen LogP contribution is 2.24. The standard InChI is InChI=1S/C22H36N4O3S/c1-7-14-26-20-11-10-18(30(28,29)25(8-2)9-3)15-19(20)24-21(26)12-13-22(27)23-17(6)16(4)5/h10-11,15-17H,7-9,12-14H2,1-6H3,(H,23,27)/t17-/m0/s1. The van der Waals surface area contributed by atoms with E-state index in [1.165, 1.54) is 4.31 Å². The van der Waals surface area contributed by atoms with Crippen LogP contribution in [-0.4, -0.2) is 47.3 Å². The Morgan fingerprint density at radius 1 is 1.17 bits per heavy atom. The highest BCUT2D eigenvalue weighted by atomic mass is 32.2. The van der Waals surface area contributed by atoms with Crippen LogP contribution < -0.4 is 5.32 Å². The van der Waals surface area contributed by atoms with Gasteiger partial charge in [-0.15, -0.1) is 0 Å². The van der Waals surface area contributed by atoms with Crippen LogP contribution in [0.1, 0.15) is 60.2 Å². The highest BCUT2D eigenvalue weighted by molar-refractivity contribution is 7.89. The zero-order valence-corrected chi connectivity index (χ0v) is 19.9. The van der Waals surface area contributed by atoms with Gasteiger partial charge in [0.2, 0.25) is 15.9 Å². The average molecular weight is 437 g/mol. The lowest BCUT2D eigenvalue weighted by Gasteiger charge is -2.18. The summed E-state index contributed by atoms with van der Waals surface area (Å²) in [5, 5.41) is 3.03. The summed E-state index contributed by atoms with van der Waals surface area (Å²) >= 11 is 0. The van der Waals surface area contributed by atoms with E-state index in [2.05, 4.69) is 30.7 Å². The van der Waals surface area contributed by atoms with E-state index in [0.717, 1.165) is 24.3 Å². The first-order valence-corrected chi connectivity index (χ1v) is 12.4. The molecule has 2 aromatic rings. The Morgan fingerprint density at radius 2 is 1.83 bits per heavy atom. The lowest BCUT2D eigenvalue weighted by molar-refractivity contribution is -0.121. The van der Waals surface area contributed by atoms with Crippen molar-refractivity contribution >= 4 is 27.0 Å². The molecule has 0 aliphatic carbocycles. The smallest absolute Gasteiger partial charge is 0.243 e. The Balaban J connectivity index is 2.32. The van der Waals surface area contributed by atoms with Gasteiger partial charge in [-0.25, -0.2) is 13.4 Å². The predicted molar refractivity (Wildman–Crippen MR) is 121 cm³/mol. The van der Waals surface area contributed by atoms with Gasteiger partial charge in [0, 0.05) is 38.5 Å². The van der Waals surface area contributed by atoms with Crippen molar-refractivity contribution in [3.8, 4) is 0 Å². The Kier molecular flexibility index (Phi) is 8.43. The molecule has 1 aromatic carbocycles. The molecule has 0 bridgehead atoms. The third-order valence-corrected chi connectivity index (χ3v) is 7.60. The average Bonchev–Trinajstić information content (AvgIpc) is 3.04.